The fraction of sp³-hybridized carbons (Fsp3) is 0.700. The molecule has 1 aromatic rings. The van der Waals surface area contributed by atoms with E-state index in [2.05, 4.69) is 12.0 Å². The smallest absolute Gasteiger partial charge is 0.0978 e. The van der Waals surface area contributed by atoms with Crippen LogP contribution in [-0.2, 0) is 11.8 Å². The van der Waals surface area contributed by atoms with Crippen molar-refractivity contribution >= 4 is 0 Å². The van der Waals surface area contributed by atoms with Crippen LogP contribution in [0.2, 0.25) is 0 Å². The summed E-state index contributed by atoms with van der Waals surface area (Å²) in [7, 11) is 1.82. The van der Waals surface area contributed by atoms with Crippen LogP contribution in [-0.4, -0.2) is 28.1 Å². The molecule has 0 aromatic carbocycles. The van der Waals surface area contributed by atoms with E-state index in [9.17, 15) is 5.11 Å². The zero-order chi connectivity index (χ0) is 10.4. The molecular formula is C10H18N2O2. The predicted octanol–water partition coefficient (Wildman–Crippen LogP) is 1.27. The van der Waals surface area contributed by atoms with Gasteiger partial charge in [-0.3, -0.25) is 4.68 Å². The molecule has 0 aliphatic carbocycles. The van der Waals surface area contributed by atoms with Gasteiger partial charge >= 0.3 is 0 Å². The lowest BCUT2D eigenvalue weighted by Crippen LogP contribution is -2.08. The van der Waals surface area contributed by atoms with E-state index in [4.69, 9.17) is 4.74 Å². The first-order chi connectivity index (χ1) is 6.75. The summed E-state index contributed by atoms with van der Waals surface area (Å²) in [6.45, 7) is 3.43. The monoisotopic (exact) mass is 198 g/mol. The second-order valence-electron chi connectivity index (χ2n) is 3.30. The van der Waals surface area contributed by atoms with E-state index in [0.717, 1.165) is 18.7 Å². The van der Waals surface area contributed by atoms with Crippen molar-refractivity contribution in [1.82, 2.24) is 9.78 Å². The lowest BCUT2D eigenvalue weighted by molar-refractivity contribution is 0.0787. The average molecular weight is 198 g/mol. The molecule has 0 spiro atoms. The third-order valence-corrected chi connectivity index (χ3v) is 2.08. The lowest BCUT2D eigenvalue weighted by atomic mass is 10.2. The van der Waals surface area contributed by atoms with E-state index < -0.39 is 6.10 Å². The zero-order valence-electron chi connectivity index (χ0n) is 8.81. The molecular weight excluding hydrogens is 180 g/mol. The van der Waals surface area contributed by atoms with Crippen LogP contribution in [0.4, 0.5) is 0 Å². The van der Waals surface area contributed by atoms with Crippen molar-refractivity contribution in [3.05, 3.63) is 18.0 Å². The number of ether oxygens (including phenoxy) is 1. The molecule has 1 heterocycles. The second kappa shape index (κ2) is 5.78. The van der Waals surface area contributed by atoms with Crippen LogP contribution in [0.5, 0.6) is 0 Å². The standard InChI is InChI=1S/C10H18N2O2/c1-3-7-14-8-5-10(13)9-4-6-11-12(9)2/h4,6,10,13H,3,5,7-8H2,1-2H3. The molecule has 0 aliphatic rings. The molecule has 0 saturated carbocycles. The summed E-state index contributed by atoms with van der Waals surface area (Å²) in [5, 5.41) is 13.7. The van der Waals surface area contributed by atoms with Crippen molar-refractivity contribution in [3.63, 3.8) is 0 Å². The van der Waals surface area contributed by atoms with Crippen molar-refractivity contribution in [2.75, 3.05) is 13.2 Å². The van der Waals surface area contributed by atoms with E-state index in [-0.39, 0.29) is 0 Å². The summed E-state index contributed by atoms with van der Waals surface area (Å²) < 4.78 is 6.99. The van der Waals surface area contributed by atoms with Crippen molar-refractivity contribution in [3.8, 4) is 0 Å². The Labute approximate surface area is 84.5 Å². The number of aromatic nitrogens is 2. The minimum atomic E-state index is -0.473. The van der Waals surface area contributed by atoms with Gasteiger partial charge in [-0.15, -0.1) is 0 Å². The van der Waals surface area contributed by atoms with E-state index in [1.807, 2.05) is 13.1 Å². The van der Waals surface area contributed by atoms with Gasteiger partial charge in [0.25, 0.3) is 0 Å². The topological polar surface area (TPSA) is 47.3 Å². The summed E-state index contributed by atoms with van der Waals surface area (Å²) in [5.41, 5.74) is 0.838. The highest BCUT2D eigenvalue weighted by molar-refractivity contribution is 5.03. The fourth-order valence-corrected chi connectivity index (χ4v) is 1.30. The Morgan fingerprint density at radius 3 is 2.93 bits per heavy atom. The van der Waals surface area contributed by atoms with E-state index >= 15 is 0 Å². The number of aliphatic hydroxyl groups is 1. The van der Waals surface area contributed by atoms with Gasteiger partial charge in [-0.05, 0) is 12.5 Å². The van der Waals surface area contributed by atoms with Gasteiger partial charge < -0.3 is 9.84 Å². The Hall–Kier alpha value is -0.870. The fourth-order valence-electron chi connectivity index (χ4n) is 1.30. The number of aliphatic hydroxyl groups excluding tert-OH is 1. The van der Waals surface area contributed by atoms with Crippen LogP contribution in [0.15, 0.2) is 12.3 Å². The normalized spacial score (nSPS) is 13.1. The molecule has 1 unspecified atom stereocenters. The van der Waals surface area contributed by atoms with Gasteiger partial charge in [0.05, 0.1) is 11.8 Å². The molecule has 0 aliphatic heterocycles. The highest BCUT2D eigenvalue weighted by atomic mass is 16.5. The molecule has 80 valence electrons. The first-order valence-electron chi connectivity index (χ1n) is 4.99. The highest BCUT2D eigenvalue weighted by Gasteiger charge is 2.10. The van der Waals surface area contributed by atoms with Crippen LogP contribution in [0.3, 0.4) is 0 Å². The first-order valence-corrected chi connectivity index (χ1v) is 4.99. The van der Waals surface area contributed by atoms with E-state index in [1.54, 1.807) is 10.9 Å². The molecule has 0 saturated heterocycles. The Bertz CT molecular complexity index is 260. The number of hydrogen-bond acceptors (Lipinski definition) is 3. The molecule has 1 atom stereocenters. The maximum absolute atomic E-state index is 9.75. The number of nitrogens with zero attached hydrogens (tertiary/aromatic N) is 2. The maximum Gasteiger partial charge on any atom is 0.0978 e. The van der Waals surface area contributed by atoms with E-state index in [0.29, 0.717) is 13.0 Å². The molecule has 1 N–H and O–H groups in total. The molecule has 0 fully saturated rings. The summed E-state index contributed by atoms with van der Waals surface area (Å²) in [6.07, 6.45) is 2.85. The predicted molar refractivity (Wildman–Crippen MR) is 53.9 cm³/mol. The molecule has 1 rings (SSSR count). The van der Waals surface area contributed by atoms with Gasteiger partial charge in [0.1, 0.15) is 0 Å². The van der Waals surface area contributed by atoms with Gasteiger partial charge in [-0.2, -0.15) is 5.10 Å². The summed E-state index contributed by atoms with van der Waals surface area (Å²) in [5.74, 6) is 0. The lowest BCUT2D eigenvalue weighted by Gasteiger charge is -2.10. The minimum Gasteiger partial charge on any atom is -0.387 e. The Morgan fingerprint density at radius 2 is 2.36 bits per heavy atom. The van der Waals surface area contributed by atoms with E-state index in [1.165, 1.54) is 0 Å². The summed E-state index contributed by atoms with van der Waals surface area (Å²) in [4.78, 5) is 0. The van der Waals surface area contributed by atoms with Gasteiger partial charge in [0, 0.05) is 32.9 Å². The Morgan fingerprint density at radius 1 is 1.57 bits per heavy atom. The Kier molecular flexibility index (Phi) is 4.62. The zero-order valence-corrected chi connectivity index (χ0v) is 8.81. The SMILES string of the molecule is CCCOCCC(O)c1ccnn1C. The van der Waals surface area contributed by atoms with Crippen LogP contribution < -0.4 is 0 Å². The van der Waals surface area contributed by atoms with Gasteiger partial charge in [0.15, 0.2) is 0 Å². The highest BCUT2D eigenvalue weighted by Crippen LogP contribution is 2.14. The third-order valence-electron chi connectivity index (χ3n) is 2.08. The molecule has 0 bridgehead atoms. The van der Waals surface area contributed by atoms with Crippen LogP contribution in [0.1, 0.15) is 31.6 Å². The second-order valence-corrected chi connectivity index (χ2v) is 3.30. The minimum absolute atomic E-state index is 0.473. The number of aryl methyl sites for hydroxylation is 1. The van der Waals surface area contributed by atoms with Crippen molar-refractivity contribution in [2.45, 2.75) is 25.9 Å². The summed E-state index contributed by atoms with van der Waals surface area (Å²) in [6, 6.07) is 1.82. The molecule has 0 amide bonds. The molecule has 4 heteroatoms. The molecule has 14 heavy (non-hydrogen) atoms. The maximum atomic E-state index is 9.75. The molecule has 0 radical (unpaired) electrons. The van der Waals surface area contributed by atoms with Crippen LogP contribution in [0.25, 0.3) is 0 Å². The van der Waals surface area contributed by atoms with Gasteiger partial charge in [-0.1, -0.05) is 6.92 Å². The van der Waals surface area contributed by atoms with Crippen molar-refractivity contribution in [2.24, 2.45) is 7.05 Å². The average Bonchev–Trinajstić information content (AvgIpc) is 2.59. The quantitative estimate of drug-likeness (QED) is 0.700. The number of rotatable bonds is 6. The number of hydrogen-bond donors (Lipinski definition) is 1. The Balaban J connectivity index is 2.28. The molecule has 1 aromatic heterocycles. The molecule has 4 nitrogen and oxygen atoms in total. The third kappa shape index (κ3) is 3.12. The van der Waals surface area contributed by atoms with Crippen molar-refractivity contribution in [1.29, 1.82) is 0 Å². The van der Waals surface area contributed by atoms with Gasteiger partial charge in [-0.25, -0.2) is 0 Å². The van der Waals surface area contributed by atoms with Gasteiger partial charge in [0.2, 0.25) is 0 Å². The first kappa shape index (κ1) is 11.2. The summed E-state index contributed by atoms with van der Waals surface area (Å²) >= 11 is 0. The van der Waals surface area contributed by atoms with Crippen LogP contribution >= 0.6 is 0 Å². The largest absolute Gasteiger partial charge is 0.387 e. The van der Waals surface area contributed by atoms with Crippen molar-refractivity contribution < 1.29 is 9.84 Å². The van der Waals surface area contributed by atoms with Crippen LogP contribution in [0, 0.1) is 0 Å².